The maximum absolute atomic E-state index is 6.09. The molecule has 0 unspecified atom stereocenters. The highest BCUT2D eigenvalue weighted by molar-refractivity contribution is 6.63. The van der Waals surface area contributed by atoms with Crippen molar-refractivity contribution in [2.75, 3.05) is 7.11 Å². The zero-order chi connectivity index (χ0) is 16.8. The second-order valence-corrected chi connectivity index (χ2v) is 6.68. The molecule has 2 aromatic rings. The van der Waals surface area contributed by atoms with Crippen LogP contribution in [0, 0.1) is 6.92 Å². The van der Waals surface area contributed by atoms with E-state index < -0.39 is 18.3 Å². The van der Waals surface area contributed by atoms with Crippen LogP contribution in [0.3, 0.4) is 0 Å². The number of rotatable bonds is 3. The largest absolute Gasteiger partial charge is 0.498 e. The molecule has 0 saturated carbocycles. The van der Waals surface area contributed by atoms with E-state index in [2.05, 4.69) is 10.1 Å². The number of aromatic nitrogens is 2. The molecular formula is C16H21BN2O4. The fraction of sp³-hybridized carbons (Fsp3) is 0.500. The molecule has 7 heteroatoms. The van der Waals surface area contributed by atoms with Gasteiger partial charge in [0.1, 0.15) is 5.75 Å². The Morgan fingerprint density at radius 3 is 2.26 bits per heavy atom. The highest BCUT2D eigenvalue weighted by atomic mass is 16.7. The van der Waals surface area contributed by atoms with Gasteiger partial charge in [0.05, 0.1) is 18.3 Å². The lowest BCUT2D eigenvalue weighted by molar-refractivity contribution is 0.00578. The summed E-state index contributed by atoms with van der Waals surface area (Å²) in [6.07, 6.45) is 0. The minimum atomic E-state index is -0.476. The van der Waals surface area contributed by atoms with E-state index in [1.54, 1.807) is 14.0 Å². The molecule has 0 atom stereocenters. The minimum absolute atomic E-state index is 0.397. The first-order valence-electron chi connectivity index (χ1n) is 7.58. The molecule has 2 heterocycles. The van der Waals surface area contributed by atoms with Gasteiger partial charge in [-0.05, 0) is 33.8 Å². The number of nitrogens with zero attached hydrogens (tertiary/aromatic N) is 2. The molecule has 23 heavy (non-hydrogen) atoms. The monoisotopic (exact) mass is 316 g/mol. The van der Waals surface area contributed by atoms with E-state index in [1.165, 1.54) is 0 Å². The first-order valence-corrected chi connectivity index (χ1v) is 7.58. The van der Waals surface area contributed by atoms with Gasteiger partial charge in [0.25, 0.3) is 0 Å². The maximum Gasteiger partial charge on any atom is 0.498 e. The quantitative estimate of drug-likeness (QED) is 0.810. The highest BCUT2D eigenvalue weighted by Gasteiger charge is 2.52. The summed E-state index contributed by atoms with van der Waals surface area (Å²) in [5, 5.41) is 3.93. The number of ether oxygens (including phenoxy) is 1. The van der Waals surface area contributed by atoms with Crippen molar-refractivity contribution in [3.8, 4) is 17.1 Å². The van der Waals surface area contributed by atoms with Crippen LogP contribution in [0.25, 0.3) is 11.4 Å². The van der Waals surface area contributed by atoms with Gasteiger partial charge < -0.3 is 18.6 Å². The molecule has 0 bridgehead atoms. The summed E-state index contributed by atoms with van der Waals surface area (Å²) in [6.45, 7) is 9.85. The standard InChI is InChI=1S/C16H21BN2O4/c1-10-18-14(19-21-10)11-7-8-12(13(9-11)20-6)17-22-15(2,3)16(4,5)23-17/h7-9H,1-6H3. The number of benzene rings is 1. The minimum Gasteiger partial charge on any atom is -0.497 e. The summed E-state index contributed by atoms with van der Waals surface area (Å²) < 4.78 is 22.7. The first kappa shape index (κ1) is 16.0. The van der Waals surface area contributed by atoms with Crippen LogP contribution in [0.1, 0.15) is 33.6 Å². The molecule has 0 amide bonds. The summed E-state index contributed by atoms with van der Waals surface area (Å²) in [7, 11) is 1.14. The molecule has 1 fully saturated rings. The van der Waals surface area contributed by atoms with Crippen molar-refractivity contribution in [2.24, 2.45) is 0 Å². The molecule has 0 spiro atoms. The second kappa shape index (κ2) is 5.35. The van der Waals surface area contributed by atoms with Crippen LogP contribution in [0.5, 0.6) is 5.75 Å². The van der Waals surface area contributed by atoms with Crippen LogP contribution in [0.2, 0.25) is 0 Å². The zero-order valence-corrected chi connectivity index (χ0v) is 14.3. The third-order valence-corrected chi connectivity index (χ3v) is 4.53. The van der Waals surface area contributed by atoms with Gasteiger partial charge in [0, 0.05) is 17.9 Å². The molecule has 6 nitrogen and oxygen atoms in total. The van der Waals surface area contributed by atoms with Crippen molar-refractivity contribution < 1.29 is 18.6 Å². The fourth-order valence-electron chi connectivity index (χ4n) is 2.43. The van der Waals surface area contributed by atoms with Gasteiger partial charge in [0.15, 0.2) is 0 Å². The number of methoxy groups -OCH3 is 1. The molecule has 1 aliphatic rings. The van der Waals surface area contributed by atoms with Crippen LogP contribution in [0.4, 0.5) is 0 Å². The van der Waals surface area contributed by atoms with Gasteiger partial charge >= 0.3 is 7.12 Å². The van der Waals surface area contributed by atoms with Crippen molar-refractivity contribution in [2.45, 2.75) is 45.8 Å². The van der Waals surface area contributed by atoms with Crippen LogP contribution >= 0.6 is 0 Å². The lowest BCUT2D eigenvalue weighted by Gasteiger charge is -2.32. The number of hydrogen-bond donors (Lipinski definition) is 0. The van der Waals surface area contributed by atoms with Gasteiger partial charge in [-0.1, -0.05) is 17.3 Å². The Morgan fingerprint density at radius 2 is 1.74 bits per heavy atom. The summed E-state index contributed by atoms with van der Waals surface area (Å²) in [4.78, 5) is 4.23. The molecule has 122 valence electrons. The Kier molecular flexibility index (Phi) is 3.73. The summed E-state index contributed by atoms with van der Waals surface area (Å²) in [5.41, 5.74) is 0.868. The van der Waals surface area contributed by atoms with Crippen LogP contribution < -0.4 is 10.2 Å². The third-order valence-electron chi connectivity index (χ3n) is 4.53. The topological polar surface area (TPSA) is 66.6 Å². The molecule has 1 aromatic carbocycles. The second-order valence-electron chi connectivity index (χ2n) is 6.68. The van der Waals surface area contributed by atoms with Crippen molar-refractivity contribution >= 4 is 12.6 Å². The van der Waals surface area contributed by atoms with Gasteiger partial charge in [0.2, 0.25) is 11.7 Å². The fourth-order valence-corrected chi connectivity index (χ4v) is 2.43. The van der Waals surface area contributed by atoms with E-state index in [0.717, 1.165) is 11.0 Å². The number of hydrogen-bond acceptors (Lipinski definition) is 6. The molecule has 1 saturated heterocycles. The van der Waals surface area contributed by atoms with Gasteiger partial charge in [-0.3, -0.25) is 0 Å². The Morgan fingerprint density at radius 1 is 1.09 bits per heavy atom. The van der Waals surface area contributed by atoms with E-state index in [1.807, 2.05) is 45.9 Å². The first-order chi connectivity index (χ1) is 10.7. The molecule has 0 aliphatic carbocycles. The highest BCUT2D eigenvalue weighted by Crippen LogP contribution is 2.37. The molecule has 3 rings (SSSR count). The normalized spacial score (nSPS) is 19.1. The van der Waals surface area contributed by atoms with E-state index in [4.69, 9.17) is 18.6 Å². The third kappa shape index (κ3) is 2.75. The van der Waals surface area contributed by atoms with E-state index >= 15 is 0 Å². The zero-order valence-electron chi connectivity index (χ0n) is 14.3. The van der Waals surface area contributed by atoms with Crippen LogP contribution in [0.15, 0.2) is 22.7 Å². The Balaban J connectivity index is 1.95. The lowest BCUT2D eigenvalue weighted by atomic mass is 9.78. The van der Waals surface area contributed by atoms with Crippen LogP contribution in [-0.2, 0) is 9.31 Å². The summed E-state index contributed by atoms with van der Waals surface area (Å²) in [6, 6.07) is 5.69. The molecule has 1 aromatic heterocycles. The summed E-state index contributed by atoms with van der Waals surface area (Å²) >= 11 is 0. The Labute approximate surface area is 136 Å². The molecule has 1 aliphatic heterocycles. The molecule has 0 N–H and O–H groups in total. The molecular weight excluding hydrogens is 295 g/mol. The maximum atomic E-state index is 6.09. The van der Waals surface area contributed by atoms with Gasteiger partial charge in [-0.25, -0.2) is 0 Å². The predicted molar refractivity (Wildman–Crippen MR) is 86.7 cm³/mol. The Bertz CT molecular complexity index is 711. The van der Waals surface area contributed by atoms with Crippen molar-refractivity contribution in [1.29, 1.82) is 0 Å². The predicted octanol–water partition coefficient (Wildman–Crippen LogP) is 2.35. The molecule has 0 radical (unpaired) electrons. The summed E-state index contributed by atoms with van der Waals surface area (Å²) in [5.74, 6) is 1.72. The SMILES string of the molecule is COc1cc(-c2noc(C)n2)ccc1B1OC(C)(C)C(C)(C)O1. The Hall–Kier alpha value is -1.86. The van der Waals surface area contributed by atoms with Crippen molar-refractivity contribution in [3.63, 3.8) is 0 Å². The average Bonchev–Trinajstić information content (AvgIpc) is 3.00. The van der Waals surface area contributed by atoms with Crippen molar-refractivity contribution in [1.82, 2.24) is 10.1 Å². The van der Waals surface area contributed by atoms with E-state index in [-0.39, 0.29) is 0 Å². The van der Waals surface area contributed by atoms with Crippen molar-refractivity contribution in [3.05, 3.63) is 24.1 Å². The average molecular weight is 316 g/mol. The lowest BCUT2D eigenvalue weighted by Crippen LogP contribution is -2.41. The van der Waals surface area contributed by atoms with Gasteiger partial charge in [-0.2, -0.15) is 4.98 Å². The van der Waals surface area contributed by atoms with E-state index in [9.17, 15) is 0 Å². The number of aryl methyl sites for hydroxylation is 1. The smallest absolute Gasteiger partial charge is 0.497 e. The van der Waals surface area contributed by atoms with E-state index in [0.29, 0.717) is 17.5 Å². The van der Waals surface area contributed by atoms with Crippen LogP contribution in [-0.4, -0.2) is 35.6 Å². The van der Waals surface area contributed by atoms with Gasteiger partial charge in [-0.15, -0.1) is 0 Å².